The molecule has 1 heterocycles. The third-order valence-electron chi connectivity index (χ3n) is 4.22. The van der Waals surface area contributed by atoms with Crippen molar-refractivity contribution >= 4 is 32.4 Å². The summed E-state index contributed by atoms with van der Waals surface area (Å²) in [5, 5.41) is 3.77. The normalized spacial score (nSPS) is 18.0. The zero-order chi connectivity index (χ0) is 15.8. The van der Waals surface area contributed by atoms with Gasteiger partial charge in [0.2, 0.25) is 10.0 Å². The molecule has 21 heavy (non-hydrogen) atoms. The molecule has 1 aromatic rings. The van der Waals surface area contributed by atoms with Crippen LogP contribution in [0.5, 0.6) is 0 Å². The molecule has 0 amide bonds. The third kappa shape index (κ3) is 2.87. The molecule has 0 radical (unpaired) electrons. The molecule has 0 atom stereocenters. The van der Waals surface area contributed by atoms with E-state index in [9.17, 15) is 8.42 Å². The smallest absolute Gasteiger partial charge is 0.249 e. The molecule has 0 aliphatic heterocycles. The van der Waals surface area contributed by atoms with E-state index in [1.807, 2.05) is 0 Å². The van der Waals surface area contributed by atoms with Gasteiger partial charge in [0.05, 0.1) is 0 Å². The standard InChI is InChI=1S/C12H23N5O2S2/c1-16(2)12(6-5-7-12)8-14-11-9(10(13)15-20-11)21(18,19)17(3)4/h14H,5-8H2,1-4H3,(H2,13,15). The molecule has 1 aromatic heterocycles. The maximum atomic E-state index is 12.3. The summed E-state index contributed by atoms with van der Waals surface area (Å²) in [7, 11) is 3.50. The van der Waals surface area contributed by atoms with Crippen molar-refractivity contribution in [2.75, 3.05) is 45.8 Å². The zero-order valence-corrected chi connectivity index (χ0v) is 14.5. The number of anilines is 2. The summed E-state index contributed by atoms with van der Waals surface area (Å²) in [4.78, 5) is 2.29. The Balaban J connectivity index is 2.23. The lowest BCUT2D eigenvalue weighted by Crippen LogP contribution is -2.54. The van der Waals surface area contributed by atoms with E-state index in [0.717, 1.165) is 28.7 Å². The van der Waals surface area contributed by atoms with E-state index in [2.05, 4.69) is 28.7 Å². The molecule has 7 nitrogen and oxygen atoms in total. The highest BCUT2D eigenvalue weighted by molar-refractivity contribution is 7.89. The van der Waals surface area contributed by atoms with Gasteiger partial charge in [0.1, 0.15) is 5.00 Å². The molecule has 120 valence electrons. The van der Waals surface area contributed by atoms with Crippen LogP contribution in [-0.2, 0) is 10.0 Å². The number of hydrogen-bond donors (Lipinski definition) is 2. The van der Waals surface area contributed by atoms with Crippen LogP contribution in [0, 0.1) is 0 Å². The largest absolute Gasteiger partial charge is 0.382 e. The zero-order valence-electron chi connectivity index (χ0n) is 12.9. The van der Waals surface area contributed by atoms with Gasteiger partial charge in [0, 0.05) is 26.2 Å². The van der Waals surface area contributed by atoms with Gasteiger partial charge in [-0.3, -0.25) is 0 Å². The Kier molecular flexibility index (Phi) is 4.48. The Morgan fingerprint density at radius 3 is 2.38 bits per heavy atom. The van der Waals surface area contributed by atoms with E-state index < -0.39 is 10.0 Å². The van der Waals surface area contributed by atoms with Crippen molar-refractivity contribution in [1.29, 1.82) is 0 Å². The minimum atomic E-state index is -3.59. The van der Waals surface area contributed by atoms with E-state index in [0.29, 0.717) is 11.5 Å². The fourth-order valence-corrected chi connectivity index (χ4v) is 4.52. The molecule has 3 N–H and O–H groups in total. The van der Waals surface area contributed by atoms with Gasteiger partial charge in [0.25, 0.3) is 0 Å². The van der Waals surface area contributed by atoms with E-state index in [-0.39, 0.29) is 16.3 Å². The van der Waals surface area contributed by atoms with Gasteiger partial charge >= 0.3 is 0 Å². The van der Waals surface area contributed by atoms with Crippen molar-refractivity contribution in [3.8, 4) is 0 Å². The highest BCUT2D eigenvalue weighted by atomic mass is 32.2. The first-order valence-corrected chi connectivity index (χ1v) is 9.01. The van der Waals surface area contributed by atoms with Crippen molar-refractivity contribution in [1.82, 2.24) is 13.6 Å². The average molecular weight is 333 g/mol. The summed E-state index contributed by atoms with van der Waals surface area (Å²) in [5.74, 6) is 0.0590. The van der Waals surface area contributed by atoms with Crippen LogP contribution in [0.3, 0.4) is 0 Å². The number of hydrogen-bond acceptors (Lipinski definition) is 7. The summed E-state index contributed by atoms with van der Waals surface area (Å²) in [6.45, 7) is 0.692. The Morgan fingerprint density at radius 1 is 1.33 bits per heavy atom. The average Bonchev–Trinajstić information content (AvgIpc) is 2.69. The molecular weight excluding hydrogens is 310 g/mol. The second-order valence-electron chi connectivity index (χ2n) is 5.84. The third-order valence-corrected chi connectivity index (χ3v) is 7.06. The monoisotopic (exact) mass is 333 g/mol. The predicted octanol–water partition coefficient (Wildman–Crippen LogP) is 0.872. The quantitative estimate of drug-likeness (QED) is 0.803. The summed E-state index contributed by atoms with van der Waals surface area (Å²) >= 11 is 1.10. The van der Waals surface area contributed by atoms with Crippen LogP contribution in [0.1, 0.15) is 19.3 Å². The molecule has 0 saturated heterocycles. The van der Waals surface area contributed by atoms with Crippen molar-refractivity contribution < 1.29 is 8.42 Å². The Bertz CT molecular complexity index is 605. The van der Waals surface area contributed by atoms with Gasteiger partial charge in [-0.1, -0.05) is 0 Å². The maximum Gasteiger partial charge on any atom is 0.249 e. The topological polar surface area (TPSA) is 91.6 Å². The van der Waals surface area contributed by atoms with E-state index in [1.54, 1.807) is 0 Å². The molecule has 2 rings (SSSR count). The summed E-state index contributed by atoms with van der Waals surface area (Å²) in [6.07, 6.45) is 3.42. The summed E-state index contributed by atoms with van der Waals surface area (Å²) in [5.41, 5.74) is 5.85. The van der Waals surface area contributed by atoms with Crippen LogP contribution in [0.4, 0.5) is 10.8 Å². The molecule has 1 fully saturated rings. The Hall–Kier alpha value is -0.900. The molecule has 0 bridgehead atoms. The number of likely N-dealkylation sites (N-methyl/N-ethyl adjacent to an activating group) is 1. The first kappa shape index (κ1) is 16.5. The fourth-order valence-electron chi connectivity index (χ4n) is 2.45. The lowest BCUT2D eigenvalue weighted by molar-refractivity contribution is 0.0739. The lowest BCUT2D eigenvalue weighted by Gasteiger charge is -2.47. The maximum absolute atomic E-state index is 12.3. The molecule has 1 aliphatic rings. The van der Waals surface area contributed by atoms with Crippen LogP contribution < -0.4 is 11.1 Å². The lowest BCUT2D eigenvalue weighted by atomic mass is 9.75. The number of nitrogens with zero attached hydrogens (tertiary/aromatic N) is 3. The first-order chi connectivity index (χ1) is 9.70. The van der Waals surface area contributed by atoms with Crippen molar-refractivity contribution in [2.45, 2.75) is 29.7 Å². The second-order valence-corrected chi connectivity index (χ2v) is 8.70. The molecular formula is C12H23N5O2S2. The molecule has 1 saturated carbocycles. The summed E-state index contributed by atoms with van der Waals surface area (Å²) < 4.78 is 29.8. The minimum Gasteiger partial charge on any atom is -0.382 e. The second kappa shape index (κ2) is 5.71. The van der Waals surface area contributed by atoms with Crippen LogP contribution in [-0.4, -0.2) is 62.3 Å². The number of nitrogens with two attached hydrogens (primary N) is 1. The molecule has 0 spiro atoms. The van der Waals surface area contributed by atoms with Gasteiger partial charge in [-0.2, -0.15) is 4.37 Å². The van der Waals surface area contributed by atoms with E-state index in [1.165, 1.54) is 20.5 Å². The van der Waals surface area contributed by atoms with Crippen LogP contribution in [0.25, 0.3) is 0 Å². The molecule has 1 aliphatic carbocycles. The predicted molar refractivity (Wildman–Crippen MR) is 86.2 cm³/mol. The number of sulfonamides is 1. The highest BCUT2D eigenvalue weighted by Crippen LogP contribution is 2.38. The van der Waals surface area contributed by atoms with Gasteiger partial charge in [-0.15, -0.1) is 0 Å². The SMILES string of the molecule is CN(C)C1(CNc2snc(N)c2S(=O)(=O)N(C)C)CCC1. The van der Waals surface area contributed by atoms with Crippen molar-refractivity contribution in [2.24, 2.45) is 0 Å². The number of rotatable bonds is 6. The van der Waals surface area contributed by atoms with Gasteiger partial charge in [0.15, 0.2) is 10.7 Å². The number of aromatic nitrogens is 1. The Morgan fingerprint density at radius 2 is 1.95 bits per heavy atom. The van der Waals surface area contributed by atoms with Gasteiger partial charge in [-0.05, 0) is 44.9 Å². The van der Waals surface area contributed by atoms with E-state index >= 15 is 0 Å². The van der Waals surface area contributed by atoms with Crippen LogP contribution in [0.15, 0.2) is 4.90 Å². The number of nitrogen functional groups attached to an aromatic ring is 1. The molecule has 0 aromatic carbocycles. The Labute approximate surface area is 130 Å². The van der Waals surface area contributed by atoms with Gasteiger partial charge < -0.3 is 16.0 Å². The van der Waals surface area contributed by atoms with Gasteiger partial charge in [-0.25, -0.2) is 12.7 Å². The fraction of sp³-hybridized carbons (Fsp3) is 0.750. The molecule has 9 heteroatoms. The number of nitrogens with one attached hydrogen (secondary N) is 1. The van der Waals surface area contributed by atoms with Crippen LogP contribution in [0.2, 0.25) is 0 Å². The van der Waals surface area contributed by atoms with Crippen molar-refractivity contribution in [3.63, 3.8) is 0 Å². The van der Waals surface area contributed by atoms with Crippen molar-refractivity contribution in [3.05, 3.63) is 0 Å². The molecule has 0 unspecified atom stereocenters. The summed E-state index contributed by atoms with van der Waals surface area (Å²) in [6, 6.07) is 0. The van der Waals surface area contributed by atoms with E-state index in [4.69, 9.17) is 5.73 Å². The first-order valence-electron chi connectivity index (χ1n) is 6.80. The highest BCUT2D eigenvalue weighted by Gasteiger charge is 2.39. The van der Waals surface area contributed by atoms with Crippen LogP contribution >= 0.6 is 11.5 Å². The minimum absolute atomic E-state index is 0.0590.